The van der Waals surface area contributed by atoms with Crippen LogP contribution in [0.25, 0.3) is 5.65 Å². The fourth-order valence-corrected chi connectivity index (χ4v) is 4.33. The lowest BCUT2D eigenvalue weighted by molar-refractivity contribution is -0.137. The van der Waals surface area contributed by atoms with E-state index in [4.69, 9.17) is 0 Å². The summed E-state index contributed by atoms with van der Waals surface area (Å²) in [5, 5.41) is 11.2. The van der Waals surface area contributed by atoms with E-state index in [1.54, 1.807) is 0 Å². The summed E-state index contributed by atoms with van der Waals surface area (Å²) in [7, 11) is 0. The van der Waals surface area contributed by atoms with E-state index in [-0.39, 0.29) is 11.8 Å². The number of allylic oxidation sites excluding steroid dienone is 1. The maximum atomic E-state index is 13.2. The molecule has 0 saturated carbocycles. The van der Waals surface area contributed by atoms with E-state index in [9.17, 15) is 13.2 Å². The van der Waals surface area contributed by atoms with E-state index in [0.29, 0.717) is 29.6 Å². The van der Waals surface area contributed by atoms with Crippen LogP contribution in [0, 0.1) is 12.8 Å². The first-order valence-electron chi connectivity index (χ1n) is 10.6. The van der Waals surface area contributed by atoms with Crippen LogP contribution in [-0.4, -0.2) is 55.3 Å². The third-order valence-corrected chi connectivity index (χ3v) is 5.82. The third-order valence-electron chi connectivity index (χ3n) is 5.82. The minimum absolute atomic E-state index is 0.183. The summed E-state index contributed by atoms with van der Waals surface area (Å²) in [6.07, 6.45) is 0.822. The second-order valence-corrected chi connectivity index (χ2v) is 8.26. The number of amidine groups is 1. The predicted molar refractivity (Wildman–Crippen MR) is 119 cm³/mol. The van der Waals surface area contributed by atoms with E-state index in [0.717, 1.165) is 36.6 Å². The number of halogens is 3. The van der Waals surface area contributed by atoms with Gasteiger partial charge in [-0.2, -0.15) is 28.6 Å². The number of hydrogen-bond acceptors (Lipinski definition) is 5. The number of alkyl halides is 3. The molecule has 11 heteroatoms. The molecule has 4 heterocycles. The molecule has 0 bridgehead atoms. The number of fused-ring (bicyclic) bond motifs is 1. The number of likely N-dealkylation sites (tertiary alicyclic amines) is 1. The van der Waals surface area contributed by atoms with Crippen LogP contribution in [0.15, 0.2) is 46.4 Å². The Morgan fingerprint density at radius 1 is 1.27 bits per heavy atom. The molecular formula is C22H25F3N8. The second-order valence-electron chi connectivity index (χ2n) is 8.26. The number of aromatic amines is 1. The Kier molecular flexibility index (Phi) is 6.05. The summed E-state index contributed by atoms with van der Waals surface area (Å²) in [6.45, 7) is 11.0. The highest BCUT2D eigenvalue weighted by molar-refractivity contribution is 6.01. The fraction of sp³-hybridized carbons (Fsp3) is 0.409. The first-order chi connectivity index (χ1) is 15.7. The molecule has 0 spiro atoms. The van der Waals surface area contributed by atoms with Crippen molar-refractivity contribution in [1.29, 1.82) is 0 Å². The molecule has 0 aliphatic carbocycles. The van der Waals surface area contributed by atoms with Crippen LogP contribution < -0.4 is 0 Å². The van der Waals surface area contributed by atoms with Gasteiger partial charge in [-0.1, -0.05) is 6.92 Å². The number of imidazole rings is 1. The lowest BCUT2D eigenvalue weighted by Crippen LogP contribution is -2.38. The van der Waals surface area contributed by atoms with Crippen molar-refractivity contribution in [2.75, 3.05) is 13.1 Å². The average molecular weight is 458 g/mol. The number of hydrogen-bond donors (Lipinski definition) is 1. The van der Waals surface area contributed by atoms with Crippen molar-refractivity contribution in [2.24, 2.45) is 15.9 Å². The van der Waals surface area contributed by atoms with Crippen molar-refractivity contribution in [2.45, 2.75) is 39.3 Å². The SMILES string of the molecule is C=NC(=N/C(=C\C)N1C[C@H](C)C[C@H](c2n[nH]nc2C)C1)c1cnc2ccc(C(F)(F)F)cn12. The maximum absolute atomic E-state index is 13.2. The van der Waals surface area contributed by atoms with Crippen molar-refractivity contribution in [3.8, 4) is 0 Å². The normalized spacial score (nSPS) is 20.5. The molecule has 3 aromatic heterocycles. The third kappa shape index (κ3) is 4.53. The van der Waals surface area contributed by atoms with E-state index < -0.39 is 11.7 Å². The van der Waals surface area contributed by atoms with Gasteiger partial charge in [-0.3, -0.25) is 4.40 Å². The highest BCUT2D eigenvalue weighted by Gasteiger charge is 2.32. The molecule has 1 saturated heterocycles. The Bertz CT molecular complexity index is 1220. The summed E-state index contributed by atoms with van der Waals surface area (Å²) >= 11 is 0. The van der Waals surface area contributed by atoms with Crippen LogP contribution >= 0.6 is 0 Å². The Labute approximate surface area is 189 Å². The van der Waals surface area contributed by atoms with Gasteiger partial charge >= 0.3 is 6.18 Å². The zero-order valence-electron chi connectivity index (χ0n) is 18.6. The van der Waals surface area contributed by atoms with Crippen LogP contribution in [0.3, 0.4) is 0 Å². The minimum atomic E-state index is -4.47. The average Bonchev–Trinajstić information content (AvgIpc) is 3.39. The fourth-order valence-electron chi connectivity index (χ4n) is 4.33. The van der Waals surface area contributed by atoms with Crippen LogP contribution in [0.5, 0.6) is 0 Å². The second kappa shape index (κ2) is 8.80. The summed E-state index contributed by atoms with van der Waals surface area (Å²) in [4.78, 5) is 15.0. The largest absolute Gasteiger partial charge is 0.417 e. The number of piperidine rings is 1. The number of pyridine rings is 1. The Morgan fingerprint density at radius 2 is 2.06 bits per heavy atom. The molecule has 1 fully saturated rings. The van der Waals surface area contributed by atoms with Gasteiger partial charge in [0.2, 0.25) is 0 Å². The van der Waals surface area contributed by atoms with E-state index in [1.807, 2.05) is 19.9 Å². The van der Waals surface area contributed by atoms with Gasteiger partial charge < -0.3 is 4.90 Å². The minimum Gasteiger partial charge on any atom is -0.356 e. The molecule has 1 N–H and O–H groups in total. The van der Waals surface area contributed by atoms with Crippen molar-refractivity contribution < 1.29 is 13.2 Å². The molecule has 0 radical (unpaired) electrons. The van der Waals surface area contributed by atoms with Crippen LogP contribution in [0.2, 0.25) is 0 Å². The van der Waals surface area contributed by atoms with E-state index in [1.165, 1.54) is 16.7 Å². The Balaban J connectivity index is 1.68. The Morgan fingerprint density at radius 3 is 2.70 bits per heavy atom. The van der Waals surface area contributed by atoms with Crippen LogP contribution in [-0.2, 0) is 6.18 Å². The van der Waals surface area contributed by atoms with Gasteiger partial charge in [0.05, 0.1) is 23.1 Å². The van der Waals surface area contributed by atoms with Gasteiger partial charge in [0.1, 0.15) is 17.2 Å². The molecule has 0 unspecified atom stereocenters. The number of rotatable bonds is 4. The van der Waals surface area contributed by atoms with Gasteiger partial charge in [0.15, 0.2) is 5.84 Å². The van der Waals surface area contributed by atoms with Crippen molar-refractivity contribution in [3.63, 3.8) is 0 Å². The summed E-state index contributed by atoms with van der Waals surface area (Å²) < 4.78 is 41.0. The molecule has 3 aromatic rings. The number of aryl methyl sites for hydroxylation is 1. The highest BCUT2D eigenvalue weighted by Crippen LogP contribution is 2.33. The quantitative estimate of drug-likeness (QED) is 0.469. The molecule has 33 heavy (non-hydrogen) atoms. The van der Waals surface area contributed by atoms with E-state index >= 15 is 0 Å². The predicted octanol–water partition coefficient (Wildman–Crippen LogP) is 4.21. The molecule has 0 aromatic carbocycles. The monoisotopic (exact) mass is 458 g/mol. The first kappa shape index (κ1) is 22.7. The zero-order valence-corrected chi connectivity index (χ0v) is 18.6. The van der Waals surface area contributed by atoms with Crippen LogP contribution in [0.1, 0.15) is 48.8 Å². The first-order valence-corrected chi connectivity index (χ1v) is 10.6. The zero-order chi connectivity index (χ0) is 23.8. The van der Waals surface area contributed by atoms with E-state index in [2.05, 4.69) is 48.9 Å². The van der Waals surface area contributed by atoms with Gasteiger partial charge in [-0.25, -0.2) is 15.0 Å². The van der Waals surface area contributed by atoms with Gasteiger partial charge in [0.25, 0.3) is 0 Å². The van der Waals surface area contributed by atoms with Crippen molar-refractivity contribution in [3.05, 3.63) is 59.1 Å². The van der Waals surface area contributed by atoms with Gasteiger partial charge in [-0.05, 0) is 51.1 Å². The van der Waals surface area contributed by atoms with Crippen molar-refractivity contribution in [1.82, 2.24) is 29.7 Å². The van der Waals surface area contributed by atoms with Crippen LogP contribution in [0.4, 0.5) is 13.2 Å². The maximum Gasteiger partial charge on any atom is 0.417 e. The Hall–Kier alpha value is -3.50. The lowest BCUT2D eigenvalue weighted by Gasteiger charge is -2.37. The number of aromatic nitrogens is 5. The standard InChI is InChI=1S/C22H25F3N8/c1-5-18(32-10-13(2)8-15(11-32)20-14(3)29-31-30-20)28-21(26-4)17-9-27-19-7-6-16(12-33(17)19)22(23,24)25/h5-7,9,12-13,15H,4,8,10-11H2,1-3H3,(H,29,30,31)/b18-5+,28-21?/t13-,15+/m1/s1. The molecule has 0 amide bonds. The smallest absolute Gasteiger partial charge is 0.356 e. The summed E-state index contributed by atoms with van der Waals surface area (Å²) in [6, 6.07) is 2.32. The molecule has 174 valence electrons. The topological polar surface area (TPSA) is 86.8 Å². The molecule has 8 nitrogen and oxygen atoms in total. The molecule has 4 rings (SSSR count). The van der Waals surface area contributed by atoms with Gasteiger partial charge in [-0.15, -0.1) is 0 Å². The molecule has 1 aliphatic rings. The van der Waals surface area contributed by atoms with Crippen molar-refractivity contribution >= 4 is 18.2 Å². The number of H-pyrrole nitrogens is 1. The molecule has 2 atom stereocenters. The number of nitrogens with one attached hydrogen (secondary N) is 1. The van der Waals surface area contributed by atoms with Gasteiger partial charge in [0, 0.05) is 25.2 Å². The molecule has 1 aliphatic heterocycles. The lowest BCUT2D eigenvalue weighted by atomic mass is 9.87. The molecular weight excluding hydrogens is 433 g/mol. The number of aliphatic imine (C=N–C) groups is 2. The number of nitrogens with zero attached hydrogens (tertiary/aromatic N) is 7. The highest BCUT2D eigenvalue weighted by atomic mass is 19.4. The summed E-state index contributed by atoms with van der Waals surface area (Å²) in [5.74, 6) is 1.43. The summed E-state index contributed by atoms with van der Waals surface area (Å²) in [5.41, 5.74) is 1.73.